The van der Waals surface area contributed by atoms with Gasteiger partial charge >= 0.3 is 29.9 Å². The Kier molecular flexibility index (Phi) is 10.2. The van der Waals surface area contributed by atoms with Crippen LogP contribution < -0.4 is 0 Å². The van der Waals surface area contributed by atoms with Crippen LogP contribution in [0.5, 0.6) is 0 Å². The van der Waals surface area contributed by atoms with Crippen molar-refractivity contribution in [1.82, 2.24) is 0 Å². The lowest BCUT2D eigenvalue weighted by Gasteiger charge is -2.35. The number of hydrogen-bond acceptors (Lipinski definition) is 3. The topological polar surface area (TPSA) is 43.4 Å². The normalized spacial score (nSPS) is 14.1. The highest BCUT2D eigenvalue weighted by atomic mass is 19.4. The van der Waals surface area contributed by atoms with Gasteiger partial charge in [-0.15, -0.1) is 0 Å². The van der Waals surface area contributed by atoms with Crippen molar-refractivity contribution in [3.05, 3.63) is 35.1 Å². The smallest absolute Gasteiger partial charge is 0.460 e. The fourth-order valence-electron chi connectivity index (χ4n) is 3.02. The molecule has 0 bridgehead atoms. The zero-order chi connectivity index (χ0) is 27.2. The number of aryl methyl sites for hydroxylation is 1. The van der Waals surface area contributed by atoms with Gasteiger partial charge in [0, 0.05) is 18.4 Å². The van der Waals surface area contributed by atoms with E-state index in [9.17, 15) is 53.5 Å². The Morgan fingerprint density at radius 2 is 1.51 bits per heavy atom. The van der Waals surface area contributed by atoms with E-state index in [1.54, 1.807) is 0 Å². The molecule has 0 aliphatic rings. The van der Waals surface area contributed by atoms with Gasteiger partial charge in [-0.2, -0.15) is 39.5 Å². The van der Waals surface area contributed by atoms with E-state index in [2.05, 4.69) is 4.74 Å². The first-order chi connectivity index (χ1) is 15.9. The second kappa shape index (κ2) is 11.6. The summed E-state index contributed by atoms with van der Waals surface area (Å²) in [4.78, 5) is 24.4. The van der Waals surface area contributed by atoms with Gasteiger partial charge in [-0.25, -0.2) is 4.39 Å². The van der Waals surface area contributed by atoms with Crippen LogP contribution in [0, 0.1) is 18.7 Å². The van der Waals surface area contributed by atoms with Gasteiger partial charge in [0.2, 0.25) is 0 Å². The highest BCUT2D eigenvalue weighted by molar-refractivity contribution is 5.98. The number of Topliss-reactive ketones (excluding diaryl/α,β-unsaturated/α-hetero) is 1. The summed E-state index contributed by atoms with van der Waals surface area (Å²) in [6.07, 6.45) is -7.33. The van der Waals surface area contributed by atoms with Gasteiger partial charge in [0.15, 0.2) is 5.78 Å². The number of halogens is 10. The third kappa shape index (κ3) is 7.33. The SMILES string of the molecule is CCCCCCC(=O)OC[C@H](CC(F)(F)C(F)(F)C(F)(F)C(F)(F)F)C(=O)c1ccc(C)c(F)c1. The van der Waals surface area contributed by atoms with Gasteiger partial charge in [0.05, 0.1) is 5.92 Å². The summed E-state index contributed by atoms with van der Waals surface area (Å²) in [5.74, 6) is -26.1. The number of rotatable bonds is 13. The van der Waals surface area contributed by atoms with E-state index in [1.165, 1.54) is 6.92 Å². The summed E-state index contributed by atoms with van der Waals surface area (Å²) in [5, 5.41) is 0. The van der Waals surface area contributed by atoms with Gasteiger partial charge in [0.1, 0.15) is 12.4 Å². The molecule has 0 radical (unpaired) electrons. The molecule has 1 atom stereocenters. The largest absolute Gasteiger partial charge is 0.465 e. The molecule has 0 aliphatic heterocycles. The highest BCUT2D eigenvalue weighted by Gasteiger charge is 2.81. The molecule has 0 unspecified atom stereocenters. The minimum Gasteiger partial charge on any atom is -0.465 e. The Balaban J connectivity index is 3.22. The average Bonchev–Trinajstić information content (AvgIpc) is 2.74. The number of benzene rings is 1. The predicted molar refractivity (Wildman–Crippen MR) is 104 cm³/mol. The Labute approximate surface area is 194 Å². The van der Waals surface area contributed by atoms with Crippen LogP contribution in [-0.2, 0) is 9.53 Å². The first kappa shape index (κ1) is 30.7. The van der Waals surface area contributed by atoms with E-state index in [0.29, 0.717) is 18.9 Å². The molecule has 0 aromatic heterocycles. The molecule has 0 spiro atoms. The number of unbranched alkanes of at least 4 members (excludes halogenated alkanes) is 3. The molecular formula is C22H24F10O3. The first-order valence-corrected chi connectivity index (χ1v) is 10.5. The van der Waals surface area contributed by atoms with Gasteiger partial charge in [-0.05, 0) is 25.0 Å². The summed E-state index contributed by atoms with van der Waals surface area (Å²) in [6.45, 7) is 1.83. The number of alkyl halides is 9. The van der Waals surface area contributed by atoms with E-state index < -0.39 is 66.0 Å². The zero-order valence-corrected chi connectivity index (χ0v) is 18.8. The molecule has 0 aliphatic carbocycles. The van der Waals surface area contributed by atoms with Crippen molar-refractivity contribution in [1.29, 1.82) is 0 Å². The Hall–Kier alpha value is -2.34. The first-order valence-electron chi connectivity index (χ1n) is 10.5. The van der Waals surface area contributed by atoms with Crippen molar-refractivity contribution in [3.8, 4) is 0 Å². The quantitative estimate of drug-likeness (QED) is 0.117. The van der Waals surface area contributed by atoms with Crippen LogP contribution in [0.1, 0.15) is 61.4 Å². The number of carbonyl (C=O) groups is 2. The molecule has 0 saturated carbocycles. The minimum absolute atomic E-state index is 0.0123. The molecule has 35 heavy (non-hydrogen) atoms. The second-order valence-corrected chi connectivity index (χ2v) is 8.07. The second-order valence-electron chi connectivity index (χ2n) is 8.07. The molecule has 0 heterocycles. The van der Waals surface area contributed by atoms with Crippen LogP contribution in [0.4, 0.5) is 43.9 Å². The lowest BCUT2D eigenvalue weighted by atomic mass is 9.88. The fraction of sp³-hybridized carbons (Fsp3) is 0.636. The number of hydrogen-bond donors (Lipinski definition) is 0. The third-order valence-corrected chi connectivity index (χ3v) is 5.22. The molecule has 0 N–H and O–H groups in total. The number of ether oxygens (including phenoxy) is 1. The van der Waals surface area contributed by atoms with E-state index in [-0.39, 0.29) is 12.0 Å². The van der Waals surface area contributed by atoms with E-state index in [4.69, 9.17) is 0 Å². The molecule has 1 aromatic rings. The standard InChI is InChI=1S/C22H24F10O3/c1-3-4-5-6-7-17(33)35-12-15(18(34)14-9-8-13(2)16(23)10-14)11-19(24,25)20(26,27)21(28,29)22(30,31)32/h8-10,15H,3-7,11-12H2,1-2H3/t15-/m0/s1. The molecule has 13 heteroatoms. The van der Waals surface area contributed by atoms with Gasteiger partial charge < -0.3 is 4.74 Å². The molecule has 0 fully saturated rings. The van der Waals surface area contributed by atoms with Gasteiger partial charge in [0.25, 0.3) is 0 Å². The molecule has 3 nitrogen and oxygen atoms in total. The van der Waals surface area contributed by atoms with Crippen LogP contribution >= 0.6 is 0 Å². The maximum atomic E-state index is 14.2. The van der Waals surface area contributed by atoms with Crippen molar-refractivity contribution in [3.63, 3.8) is 0 Å². The zero-order valence-electron chi connectivity index (χ0n) is 18.8. The van der Waals surface area contributed by atoms with Crippen LogP contribution in [0.25, 0.3) is 0 Å². The Morgan fingerprint density at radius 3 is 2.03 bits per heavy atom. The minimum atomic E-state index is -7.14. The van der Waals surface area contributed by atoms with Crippen molar-refractivity contribution >= 4 is 11.8 Å². The molecule has 1 aromatic carbocycles. The highest BCUT2D eigenvalue weighted by Crippen LogP contribution is 2.54. The van der Waals surface area contributed by atoms with Gasteiger partial charge in [-0.3, -0.25) is 9.59 Å². The fourth-order valence-corrected chi connectivity index (χ4v) is 3.02. The van der Waals surface area contributed by atoms with Crippen LogP contribution in [0.3, 0.4) is 0 Å². The van der Waals surface area contributed by atoms with E-state index in [1.807, 2.05) is 6.92 Å². The van der Waals surface area contributed by atoms with E-state index >= 15 is 0 Å². The molecule has 0 amide bonds. The maximum absolute atomic E-state index is 14.2. The Bertz CT molecular complexity index is 881. The van der Waals surface area contributed by atoms with Crippen molar-refractivity contribution in [2.75, 3.05) is 6.61 Å². The van der Waals surface area contributed by atoms with Crippen molar-refractivity contribution in [2.24, 2.45) is 5.92 Å². The van der Waals surface area contributed by atoms with Crippen LogP contribution in [0.2, 0.25) is 0 Å². The summed E-state index contributed by atoms with van der Waals surface area (Å²) >= 11 is 0. The van der Waals surface area contributed by atoms with Crippen molar-refractivity contribution < 1.29 is 58.2 Å². The number of ketones is 1. The lowest BCUT2D eigenvalue weighted by Crippen LogP contribution is -2.61. The summed E-state index contributed by atoms with van der Waals surface area (Å²) in [6, 6.07) is 2.50. The number of carbonyl (C=O) groups excluding carboxylic acids is 2. The third-order valence-electron chi connectivity index (χ3n) is 5.22. The van der Waals surface area contributed by atoms with Crippen LogP contribution in [0.15, 0.2) is 18.2 Å². The Morgan fingerprint density at radius 1 is 0.914 bits per heavy atom. The average molecular weight is 526 g/mol. The molecule has 200 valence electrons. The van der Waals surface area contributed by atoms with Crippen molar-refractivity contribution in [2.45, 2.75) is 76.3 Å². The van der Waals surface area contributed by atoms with E-state index in [0.717, 1.165) is 25.0 Å². The lowest BCUT2D eigenvalue weighted by molar-refractivity contribution is -0.397. The molecule has 0 saturated heterocycles. The monoisotopic (exact) mass is 526 g/mol. The van der Waals surface area contributed by atoms with Crippen LogP contribution in [-0.4, -0.2) is 42.3 Å². The predicted octanol–water partition coefficient (Wildman–Crippen LogP) is 7.30. The number of esters is 1. The molecule has 1 rings (SSSR count). The summed E-state index contributed by atoms with van der Waals surface area (Å²) < 4.78 is 138. The van der Waals surface area contributed by atoms with Gasteiger partial charge in [-0.1, -0.05) is 38.3 Å². The summed E-state index contributed by atoms with van der Waals surface area (Å²) in [7, 11) is 0. The maximum Gasteiger partial charge on any atom is 0.460 e. The summed E-state index contributed by atoms with van der Waals surface area (Å²) in [5.41, 5.74) is -0.642. The molecular weight excluding hydrogens is 502 g/mol.